The summed E-state index contributed by atoms with van der Waals surface area (Å²) in [6.07, 6.45) is 0.668. The highest BCUT2D eigenvalue weighted by atomic mass is 28.4. The molecule has 0 spiro atoms. The molecule has 1 heterocycles. The monoisotopic (exact) mass is 305 g/mol. The summed E-state index contributed by atoms with van der Waals surface area (Å²) >= 11 is 0. The number of benzene rings is 1. The van der Waals surface area contributed by atoms with Gasteiger partial charge in [0.05, 0.1) is 5.71 Å². The number of hydrogen-bond acceptors (Lipinski definition) is 3. The first-order chi connectivity index (χ1) is 9.71. The molecule has 0 unspecified atom stereocenters. The van der Waals surface area contributed by atoms with Gasteiger partial charge < -0.3 is 9.26 Å². The van der Waals surface area contributed by atoms with E-state index in [0.717, 1.165) is 17.7 Å². The van der Waals surface area contributed by atoms with Crippen LogP contribution in [0, 0.1) is 5.92 Å². The Kier molecular flexibility index (Phi) is 4.59. The fraction of sp³-hybridized carbons (Fsp3) is 0.588. The van der Waals surface area contributed by atoms with E-state index in [0.29, 0.717) is 5.92 Å². The second-order valence-corrected chi connectivity index (χ2v) is 12.2. The van der Waals surface area contributed by atoms with Crippen molar-refractivity contribution in [2.75, 3.05) is 0 Å². The lowest BCUT2D eigenvalue weighted by Crippen LogP contribution is -2.47. The van der Waals surface area contributed by atoms with Crippen molar-refractivity contribution in [3.63, 3.8) is 0 Å². The molecule has 0 saturated heterocycles. The molecule has 4 heteroatoms. The zero-order chi connectivity index (χ0) is 15.7. The summed E-state index contributed by atoms with van der Waals surface area (Å²) in [5, 5.41) is 4.49. The summed E-state index contributed by atoms with van der Waals surface area (Å²) in [7, 11) is -1.83. The highest BCUT2D eigenvalue weighted by molar-refractivity contribution is 6.74. The van der Waals surface area contributed by atoms with Crippen molar-refractivity contribution in [3.05, 3.63) is 35.9 Å². The Balaban J connectivity index is 2.09. The molecule has 116 valence electrons. The maximum atomic E-state index is 6.35. The average Bonchev–Trinajstić information content (AvgIpc) is 2.40. The maximum Gasteiger partial charge on any atom is 0.220 e. The van der Waals surface area contributed by atoms with E-state index in [1.807, 2.05) is 18.2 Å². The fourth-order valence-corrected chi connectivity index (χ4v) is 3.27. The van der Waals surface area contributed by atoms with Gasteiger partial charge >= 0.3 is 0 Å². The van der Waals surface area contributed by atoms with Crippen LogP contribution in [-0.2, 0) is 9.26 Å². The second-order valence-electron chi connectivity index (χ2n) is 7.44. The molecule has 1 aromatic rings. The van der Waals surface area contributed by atoms with Gasteiger partial charge in [-0.15, -0.1) is 0 Å². The van der Waals surface area contributed by atoms with Gasteiger partial charge in [0.2, 0.25) is 6.29 Å². The van der Waals surface area contributed by atoms with Crippen molar-refractivity contribution in [2.24, 2.45) is 11.1 Å². The lowest BCUT2D eigenvalue weighted by Gasteiger charge is -2.40. The SMILES string of the molecule is C[C@@H]1CC(c2ccccc2)=NO[C@H]1O[Si](C)(C)C(C)(C)C. The quantitative estimate of drug-likeness (QED) is 0.751. The summed E-state index contributed by atoms with van der Waals surface area (Å²) < 4.78 is 6.35. The minimum atomic E-state index is -1.83. The van der Waals surface area contributed by atoms with Gasteiger partial charge in [0.25, 0.3) is 0 Å². The lowest BCUT2D eigenvalue weighted by molar-refractivity contribution is -0.125. The molecule has 0 saturated carbocycles. The summed E-state index contributed by atoms with van der Waals surface area (Å²) in [5.74, 6) is 0.312. The first-order valence-corrected chi connectivity index (χ1v) is 10.6. The molecular formula is C17H27NO2Si. The normalized spacial score (nSPS) is 23.4. The molecule has 2 atom stereocenters. The zero-order valence-corrected chi connectivity index (χ0v) is 15.0. The molecule has 0 N–H and O–H groups in total. The van der Waals surface area contributed by atoms with Gasteiger partial charge in [-0.25, -0.2) is 0 Å². The van der Waals surface area contributed by atoms with Crippen molar-refractivity contribution in [1.82, 2.24) is 0 Å². The van der Waals surface area contributed by atoms with E-state index in [-0.39, 0.29) is 11.3 Å². The standard InChI is InChI=1S/C17H27NO2Si/c1-13-12-15(14-10-8-7-9-11-14)18-19-16(13)20-21(5,6)17(2,3)4/h7-11,13,16H,12H2,1-6H3/t13-,16+/m1/s1. The van der Waals surface area contributed by atoms with Crippen LogP contribution in [0.4, 0.5) is 0 Å². The van der Waals surface area contributed by atoms with E-state index in [9.17, 15) is 0 Å². The molecule has 0 bridgehead atoms. The molecule has 1 aromatic carbocycles. The molecule has 0 aromatic heterocycles. The molecule has 0 radical (unpaired) electrons. The van der Waals surface area contributed by atoms with Gasteiger partial charge in [-0.3, -0.25) is 0 Å². The highest BCUT2D eigenvalue weighted by Crippen LogP contribution is 2.39. The smallest absolute Gasteiger partial charge is 0.220 e. The van der Waals surface area contributed by atoms with E-state index < -0.39 is 8.32 Å². The minimum absolute atomic E-state index is 0.180. The van der Waals surface area contributed by atoms with Crippen LogP contribution in [0.1, 0.15) is 39.7 Å². The van der Waals surface area contributed by atoms with E-state index in [1.165, 1.54) is 0 Å². The van der Waals surface area contributed by atoms with Crippen LogP contribution < -0.4 is 0 Å². The zero-order valence-electron chi connectivity index (χ0n) is 14.0. The Bertz CT molecular complexity index is 505. The predicted octanol–water partition coefficient (Wildman–Crippen LogP) is 4.80. The molecular weight excluding hydrogens is 278 g/mol. The fourth-order valence-electron chi connectivity index (χ4n) is 2.06. The number of nitrogens with zero attached hydrogens (tertiary/aromatic N) is 1. The number of hydrogen-bond donors (Lipinski definition) is 0. The van der Waals surface area contributed by atoms with Gasteiger partial charge in [0.1, 0.15) is 0 Å². The van der Waals surface area contributed by atoms with E-state index in [4.69, 9.17) is 9.26 Å². The highest BCUT2D eigenvalue weighted by Gasteiger charge is 2.42. The van der Waals surface area contributed by atoms with Crippen LogP contribution >= 0.6 is 0 Å². The Morgan fingerprint density at radius 2 is 1.81 bits per heavy atom. The van der Waals surface area contributed by atoms with Gasteiger partial charge in [0, 0.05) is 12.3 Å². The van der Waals surface area contributed by atoms with Crippen LogP contribution in [0.2, 0.25) is 18.1 Å². The molecule has 0 amide bonds. The predicted molar refractivity (Wildman–Crippen MR) is 89.9 cm³/mol. The molecule has 0 fully saturated rings. The van der Waals surface area contributed by atoms with Crippen molar-refractivity contribution >= 4 is 14.0 Å². The van der Waals surface area contributed by atoms with Crippen molar-refractivity contribution in [2.45, 2.75) is 58.5 Å². The second kappa shape index (κ2) is 5.93. The van der Waals surface area contributed by atoms with Crippen molar-refractivity contribution in [3.8, 4) is 0 Å². The Labute approximate surface area is 129 Å². The third kappa shape index (κ3) is 3.74. The topological polar surface area (TPSA) is 30.8 Å². The van der Waals surface area contributed by atoms with Gasteiger partial charge in [-0.05, 0) is 23.7 Å². The summed E-state index contributed by atoms with van der Waals surface area (Å²) in [6, 6.07) is 10.2. The Morgan fingerprint density at radius 1 is 1.19 bits per heavy atom. The molecule has 21 heavy (non-hydrogen) atoms. The van der Waals surface area contributed by atoms with Gasteiger partial charge in [-0.1, -0.05) is 63.2 Å². The molecule has 3 nitrogen and oxygen atoms in total. The molecule has 1 aliphatic heterocycles. The van der Waals surface area contributed by atoms with Crippen LogP contribution in [0.3, 0.4) is 0 Å². The van der Waals surface area contributed by atoms with Crippen LogP contribution in [0.15, 0.2) is 35.5 Å². The largest absolute Gasteiger partial charge is 0.382 e. The summed E-state index contributed by atoms with van der Waals surface area (Å²) in [5.41, 5.74) is 2.15. The minimum Gasteiger partial charge on any atom is -0.382 e. The number of oxime groups is 1. The third-order valence-corrected chi connectivity index (χ3v) is 9.00. The van der Waals surface area contributed by atoms with Crippen molar-refractivity contribution < 1.29 is 9.26 Å². The summed E-state index contributed by atoms with van der Waals surface area (Å²) in [6.45, 7) is 13.4. The van der Waals surface area contributed by atoms with E-state index >= 15 is 0 Å². The Morgan fingerprint density at radius 3 is 2.33 bits per heavy atom. The lowest BCUT2D eigenvalue weighted by atomic mass is 9.98. The first-order valence-electron chi connectivity index (χ1n) is 7.66. The third-order valence-electron chi connectivity index (χ3n) is 4.57. The molecule has 2 rings (SSSR count). The Hall–Kier alpha value is -1.13. The van der Waals surface area contributed by atoms with Crippen molar-refractivity contribution in [1.29, 1.82) is 0 Å². The van der Waals surface area contributed by atoms with E-state index in [1.54, 1.807) is 0 Å². The van der Waals surface area contributed by atoms with Crippen LogP contribution in [0.25, 0.3) is 0 Å². The van der Waals surface area contributed by atoms with Gasteiger partial charge in [0.15, 0.2) is 8.32 Å². The van der Waals surface area contributed by atoms with Crippen LogP contribution in [0.5, 0.6) is 0 Å². The first kappa shape index (κ1) is 16.2. The molecule has 1 aliphatic rings. The number of rotatable bonds is 3. The maximum absolute atomic E-state index is 6.35. The summed E-state index contributed by atoms with van der Waals surface area (Å²) in [4.78, 5) is 5.69. The van der Waals surface area contributed by atoms with Gasteiger partial charge in [-0.2, -0.15) is 0 Å². The molecule has 0 aliphatic carbocycles. The van der Waals surface area contributed by atoms with E-state index in [2.05, 4.69) is 58.1 Å². The average molecular weight is 305 g/mol. The van der Waals surface area contributed by atoms with Crippen LogP contribution in [-0.4, -0.2) is 20.3 Å².